The number of hydrogen-bond donors (Lipinski definition) is 1. The lowest BCUT2D eigenvalue weighted by Crippen LogP contribution is -1.88. The van der Waals surface area contributed by atoms with Gasteiger partial charge in [-0.25, -0.2) is 0 Å². The zero-order chi connectivity index (χ0) is 17.1. The van der Waals surface area contributed by atoms with E-state index in [4.69, 9.17) is 0 Å². The van der Waals surface area contributed by atoms with Crippen LogP contribution in [-0.2, 0) is 0 Å². The summed E-state index contributed by atoms with van der Waals surface area (Å²) in [5, 5.41) is 10.3. The summed E-state index contributed by atoms with van der Waals surface area (Å²) in [6.45, 7) is 0. The molecule has 120 valence electrons. The van der Waals surface area contributed by atoms with Crippen LogP contribution in [0.2, 0.25) is 0 Å². The van der Waals surface area contributed by atoms with Gasteiger partial charge in [0, 0.05) is 5.56 Å². The minimum Gasteiger partial charge on any atom is -0.507 e. The molecule has 0 aliphatic carbocycles. The Balaban J connectivity index is 1.95. The van der Waals surface area contributed by atoms with E-state index in [1.807, 2.05) is 42.5 Å². The average Bonchev–Trinajstić information content (AvgIpc) is 2.69. The van der Waals surface area contributed by atoms with Crippen molar-refractivity contribution in [2.24, 2.45) is 0 Å². The predicted octanol–water partition coefficient (Wildman–Crippen LogP) is 6.39. The van der Waals surface area contributed by atoms with Crippen molar-refractivity contribution in [3.8, 4) is 39.1 Å². The number of aromatic hydroxyl groups is 1. The summed E-state index contributed by atoms with van der Waals surface area (Å²) in [6.07, 6.45) is 0. The second-order valence-corrected chi connectivity index (χ2v) is 6.01. The molecule has 0 atom stereocenters. The number of rotatable bonds is 3. The summed E-state index contributed by atoms with van der Waals surface area (Å²) in [4.78, 5) is 0. The zero-order valence-corrected chi connectivity index (χ0v) is 13.8. The summed E-state index contributed by atoms with van der Waals surface area (Å²) in [7, 11) is 0. The van der Waals surface area contributed by atoms with Crippen molar-refractivity contribution in [1.82, 2.24) is 0 Å². The van der Waals surface area contributed by atoms with Crippen LogP contribution in [0.5, 0.6) is 5.75 Å². The fraction of sp³-hybridized carbons (Fsp3) is 0. The van der Waals surface area contributed by atoms with Crippen LogP contribution in [0.4, 0.5) is 0 Å². The summed E-state index contributed by atoms with van der Waals surface area (Å²) in [5.74, 6) is 0.298. The molecule has 0 radical (unpaired) electrons. The van der Waals surface area contributed by atoms with Crippen molar-refractivity contribution in [3.05, 3.63) is 103 Å². The quantitative estimate of drug-likeness (QED) is 0.463. The molecule has 0 aliphatic rings. The van der Waals surface area contributed by atoms with E-state index in [0.29, 0.717) is 5.75 Å². The molecule has 0 spiro atoms. The van der Waals surface area contributed by atoms with Crippen LogP contribution in [0.15, 0.2) is 103 Å². The van der Waals surface area contributed by atoms with Gasteiger partial charge in [0.15, 0.2) is 0 Å². The predicted molar refractivity (Wildman–Crippen MR) is 104 cm³/mol. The smallest absolute Gasteiger partial charge is 0.123 e. The second kappa shape index (κ2) is 6.66. The fourth-order valence-electron chi connectivity index (χ4n) is 3.15. The van der Waals surface area contributed by atoms with Gasteiger partial charge in [0.1, 0.15) is 5.75 Å². The minimum absolute atomic E-state index is 0.298. The first-order valence-electron chi connectivity index (χ1n) is 8.36. The molecule has 0 bridgehead atoms. The van der Waals surface area contributed by atoms with Gasteiger partial charge in [-0.1, -0.05) is 91.0 Å². The Labute approximate surface area is 147 Å². The molecule has 0 amide bonds. The molecule has 4 aromatic rings. The lowest BCUT2D eigenvalue weighted by Gasteiger charge is -2.14. The molecule has 0 aromatic heterocycles. The molecule has 4 aromatic carbocycles. The fourth-order valence-corrected chi connectivity index (χ4v) is 3.15. The largest absolute Gasteiger partial charge is 0.507 e. The molecule has 1 N–H and O–H groups in total. The van der Waals surface area contributed by atoms with E-state index in [1.54, 1.807) is 6.07 Å². The van der Waals surface area contributed by atoms with E-state index >= 15 is 0 Å². The Hall–Kier alpha value is -3.32. The van der Waals surface area contributed by atoms with Gasteiger partial charge in [-0.2, -0.15) is 0 Å². The van der Waals surface area contributed by atoms with Crippen molar-refractivity contribution < 1.29 is 5.11 Å². The Morgan fingerprint density at radius 3 is 1.68 bits per heavy atom. The van der Waals surface area contributed by atoms with Crippen molar-refractivity contribution >= 4 is 0 Å². The van der Waals surface area contributed by atoms with Gasteiger partial charge < -0.3 is 5.11 Å². The second-order valence-electron chi connectivity index (χ2n) is 6.01. The molecule has 0 saturated carbocycles. The average molecular weight is 322 g/mol. The first-order chi connectivity index (χ1) is 12.3. The van der Waals surface area contributed by atoms with Gasteiger partial charge in [-0.05, 0) is 39.9 Å². The molecule has 0 unspecified atom stereocenters. The van der Waals surface area contributed by atoms with Crippen molar-refractivity contribution in [2.45, 2.75) is 0 Å². The van der Waals surface area contributed by atoms with Gasteiger partial charge in [0.2, 0.25) is 0 Å². The van der Waals surface area contributed by atoms with Crippen LogP contribution in [0, 0.1) is 0 Å². The summed E-state index contributed by atoms with van der Waals surface area (Å²) in [6, 6.07) is 34.6. The van der Waals surface area contributed by atoms with E-state index in [9.17, 15) is 5.11 Å². The van der Waals surface area contributed by atoms with E-state index in [-0.39, 0.29) is 0 Å². The maximum Gasteiger partial charge on any atom is 0.123 e. The molecule has 25 heavy (non-hydrogen) atoms. The molecule has 0 saturated heterocycles. The van der Waals surface area contributed by atoms with Crippen LogP contribution < -0.4 is 0 Å². The number of phenolic OH excluding ortho intramolecular Hbond substituents is 1. The Morgan fingerprint density at radius 1 is 0.400 bits per heavy atom. The maximum absolute atomic E-state index is 10.3. The van der Waals surface area contributed by atoms with Gasteiger partial charge in [0.25, 0.3) is 0 Å². The Bertz CT molecular complexity index is 989. The highest BCUT2D eigenvalue weighted by molar-refractivity contribution is 5.88. The topological polar surface area (TPSA) is 20.2 Å². The number of para-hydroxylation sites is 1. The molecule has 4 rings (SSSR count). The van der Waals surface area contributed by atoms with Crippen molar-refractivity contribution in [1.29, 1.82) is 0 Å². The van der Waals surface area contributed by atoms with Crippen molar-refractivity contribution in [2.75, 3.05) is 0 Å². The number of hydrogen-bond acceptors (Lipinski definition) is 1. The Morgan fingerprint density at radius 2 is 1.00 bits per heavy atom. The molecular weight excluding hydrogens is 304 g/mol. The van der Waals surface area contributed by atoms with E-state index < -0.39 is 0 Å². The SMILES string of the molecule is Oc1ccccc1-c1ccc(-c2ccccc2)cc1-c1ccccc1. The normalized spacial score (nSPS) is 10.6. The highest BCUT2D eigenvalue weighted by Gasteiger charge is 2.12. The standard InChI is InChI=1S/C24H18O/c25-24-14-8-7-13-22(24)21-16-15-20(18-9-3-1-4-10-18)17-23(21)19-11-5-2-6-12-19/h1-17,25H. The number of benzene rings is 4. The summed E-state index contributed by atoms with van der Waals surface area (Å²) in [5.41, 5.74) is 6.48. The molecule has 0 fully saturated rings. The van der Waals surface area contributed by atoms with Gasteiger partial charge in [-0.3, -0.25) is 0 Å². The zero-order valence-electron chi connectivity index (χ0n) is 13.8. The summed E-state index contributed by atoms with van der Waals surface area (Å²) < 4.78 is 0. The monoisotopic (exact) mass is 322 g/mol. The summed E-state index contributed by atoms with van der Waals surface area (Å²) >= 11 is 0. The highest BCUT2D eigenvalue weighted by atomic mass is 16.3. The lowest BCUT2D eigenvalue weighted by atomic mass is 9.91. The highest BCUT2D eigenvalue weighted by Crippen LogP contribution is 2.38. The third-order valence-corrected chi connectivity index (χ3v) is 4.41. The van der Waals surface area contributed by atoms with Crippen LogP contribution >= 0.6 is 0 Å². The molecule has 1 nitrogen and oxygen atoms in total. The van der Waals surface area contributed by atoms with Gasteiger partial charge >= 0.3 is 0 Å². The van der Waals surface area contributed by atoms with Gasteiger partial charge in [-0.15, -0.1) is 0 Å². The van der Waals surface area contributed by atoms with Crippen LogP contribution in [-0.4, -0.2) is 5.11 Å². The third kappa shape index (κ3) is 3.05. The first-order valence-corrected chi connectivity index (χ1v) is 8.36. The first kappa shape index (κ1) is 15.2. The maximum atomic E-state index is 10.3. The van der Waals surface area contributed by atoms with Crippen molar-refractivity contribution in [3.63, 3.8) is 0 Å². The van der Waals surface area contributed by atoms with Gasteiger partial charge in [0.05, 0.1) is 0 Å². The third-order valence-electron chi connectivity index (χ3n) is 4.41. The minimum atomic E-state index is 0.298. The van der Waals surface area contributed by atoms with E-state index in [0.717, 1.165) is 22.3 Å². The number of phenols is 1. The molecular formula is C24H18O. The van der Waals surface area contributed by atoms with Crippen LogP contribution in [0.1, 0.15) is 0 Å². The molecule has 0 heterocycles. The molecule has 1 heteroatoms. The Kier molecular flexibility index (Phi) is 4.05. The lowest BCUT2D eigenvalue weighted by molar-refractivity contribution is 0.477. The molecule has 0 aliphatic heterocycles. The van der Waals surface area contributed by atoms with E-state index in [2.05, 4.69) is 54.6 Å². The van der Waals surface area contributed by atoms with Crippen LogP contribution in [0.25, 0.3) is 33.4 Å². The van der Waals surface area contributed by atoms with Crippen LogP contribution in [0.3, 0.4) is 0 Å². The van der Waals surface area contributed by atoms with E-state index in [1.165, 1.54) is 11.1 Å².